The molecule has 0 spiro atoms. The van der Waals surface area contributed by atoms with Gasteiger partial charge in [0.15, 0.2) is 0 Å². The third-order valence-corrected chi connectivity index (χ3v) is 5.10. The maximum atomic E-state index is 12.7. The molecule has 0 aliphatic carbocycles. The van der Waals surface area contributed by atoms with E-state index >= 15 is 0 Å². The van der Waals surface area contributed by atoms with Gasteiger partial charge < -0.3 is 4.74 Å². The highest BCUT2D eigenvalue weighted by atomic mass is 32.2. The predicted octanol–water partition coefficient (Wildman–Crippen LogP) is 1.85. The molecule has 1 aliphatic heterocycles. The van der Waals surface area contributed by atoms with Gasteiger partial charge in [0.1, 0.15) is 0 Å². The zero-order chi connectivity index (χ0) is 17.8. The lowest BCUT2D eigenvalue weighted by Gasteiger charge is -2.29. The summed E-state index contributed by atoms with van der Waals surface area (Å²) in [5.74, 6) is -0.482. The summed E-state index contributed by atoms with van der Waals surface area (Å²) in [4.78, 5) is 2.08. The molecule has 1 fully saturated rings. The van der Waals surface area contributed by atoms with E-state index < -0.39 is 27.5 Å². The van der Waals surface area contributed by atoms with Gasteiger partial charge in [-0.2, -0.15) is 13.2 Å². The van der Waals surface area contributed by atoms with Crippen molar-refractivity contribution >= 4 is 10.0 Å². The number of hydrogen-bond donors (Lipinski definition) is 1. The summed E-state index contributed by atoms with van der Waals surface area (Å²) in [6, 6.07) is 4.04. The van der Waals surface area contributed by atoms with Crippen LogP contribution in [0.1, 0.15) is 18.1 Å². The average molecular weight is 366 g/mol. The van der Waals surface area contributed by atoms with Crippen LogP contribution < -0.4 is 4.72 Å². The van der Waals surface area contributed by atoms with Crippen LogP contribution in [0.4, 0.5) is 13.2 Å². The lowest BCUT2D eigenvalue weighted by molar-refractivity contribution is -0.137. The molecule has 1 atom stereocenters. The van der Waals surface area contributed by atoms with Crippen LogP contribution in [0.5, 0.6) is 0 Å². The molecule has 0 amide bonds. The molecule has 1 unspecified atom stereocenters. The monoisotopic (exact) mass is 366 g/mol. The summed E-state index contributed by atoms with van der Waals surface area (Å²) in [7, 11) is -3.72. The second kappa shape index (κ2) is 7.81. The Morgan fingerprint density at radius 3 is 2.58 bits per heavy atom. The van der Waals surface area contributed by atoms with Gasteiger partial charge in [-0.1, -0.05) is 18.2 Å². The molecule has 9 heteroatoms. The number of halogens is 3. The minimum absolute atomic E-state index is 0.107. The summed E-state index contributed by atoms with van der Waals surface area (Å²) in [6.07, 6.45) is -4.49. The van der Waals surface area contributed by atoms with Crippen molar-refractivity contribution in [1.29, 1.82) is 0 Å². The Hall–Kier alpha value is -1.16. The molecular formula is C15H21F3N2O3S. The van der Waals surface area contributed by atoms with Gasteiger partial charge >= 0.3 is 6.18 Å². The standard InChI is InChI=1S/C15H21F3N2O3S/c1-12(10-20-5-7-23-8-6-20)19-24(21,22)11-13-3-2-4-14(9-13)15(16,17)18/h2-4,9,12,19H,5-8,10-11H2,1H3. The fraction of sp³-hybridized carbons (Fsp3) is 0.600. The number of morpholine rings is 1. The second-order valence-electron chi connectivity index (χ2n) is 5.89. The average Bonchev–Trinajstić information content (AvgIpc) is 2.46. The lowest BCUT2D eigenvalue weighted by Crippen LogP contribution is -2.46. The highest BCUT2D eigenvalue weighted by Gasteiger charge is 2.30. The van der Waals surface area contributed by atoms with Gasteiger partial charge in [0.2, 0.25) is 10.0 Å². The number of sulfonamides is 1. The number of hydrogen-bond acceptors (Lipinski definition) is 4. The summed E-state index contributed by atoms with van der Waals surface area (Å²) in [5, 5.41) is 0. The first-order chi connectivity index (χ1) is 11.2. The van der Waals surface area contributed by atoms with Crippen LogP contribution in [0, 0.1) is 0 Å². The summed E-state index contributed by atoms with van der Waals surface area (Å²) in [6.45, 7) is 4.97. The van der Waals surface area contributed by atoms with Crippen molar-refractivity contribution in [2.45, 2.75) is 24.9 Å². The van der Waals surface area contributed by atoms with Gasteiger partial charge in [-0.05, 0) is 18.6 Å². The van der Waals surface area contributed by atoms with Crippen molar-refractivity contribution in [3.63, 3.8) is 0 Å². The van der Waals surface area contributed by atoms with Crippen molar-refractivity contribution in [3.8, 4) is 0 Å². The van der Waals surface area contributed by atoms with Gasteiger partial charge in [-0.25, -0.2) is 13.1 Å². The van der Waals surface area contributed by atoms with Crippen LogP contribution in [-0.2, 0) is 26.7 Å². The van der Waals surface area contributed by atoms with Gasteiger partial charge in [0.05, 0.1) is 24.5 Å². The topological polar surface area (TPSA) is 58.6 Å². The second-order valence-corrected chi connectivity index (χ2v) is 7.64. The number of alkyl halides is 3. The molecule has 1 N–H and O–H groups in total. The first-order valence-electron chi connectivity index (χ1n) is 7.62. The first-order valence-corrected chi connectivity index (χ1v) is 9.27. The quantitative estimate of drug-likeness (QED) is 0.835. The van der Waals surface area contributed by atoms with Gasteiger partial charge in [-0.3, -0.25) is 4.90 Å². The Morgan fingerprint density at radius 1 is 1.29 bits per heavy atom. The van der Waals surface area contributed by atoms with Crippen LogP contribution in [-0.4, -0.2) is 52.2 Å². The molecule has 2 rings (SSSR count). The molecule has 0 saturated carbocycles. The minimum Gasteiger partial charge on any atom is -0.379 e. The van der Waals surface area contributed by atoms with Crippen molar-refractivity contribution in [3.05, 3.63) is 35.4 Å². The summed E-state index contributed by atoms with van der Waals surface area (Å²) < 4.78 is 70.2. The SMILES string of the molecule is CC(CN1CCOCC1)NS(=O)(=O)Cc1cccc(C(F)(F)F)c1. The maximum absolute atomic E-state index is 12.7. The molecule has 1 aromatic carbocycles. The summed E-state index contributed by atoms with van der Waals surface area (Å²) in [5.41, 5.74) is -0.743. The fourth-order valence-corrected chi connectivity index (χ4v) is 4.00. The van der Waals surface area contributed by atoms with Crippen LogP contribution in [0.15, 0.2) is 24.3 Å². The van der Waals surface area contributed by atoms with E-state index in [0.717, 1.165) is 25.2 Å². The maximum Gasteiger partial charge on any atom is 0.416 e. The Kier molecular flexibility index (Phi) is 6.24. The largest absolute Gasteiger partial charge is 0.416 e. The molecule has 0 aromatic heterocycles. The Balaban J connectivity index is 1.95. The molecule has 1 heterocycles. The van der Waals surface area contributed by atoms with E-state index in [4.69, 9.17) is 4.74 Å². The zero-order valence-electron chi connectivity index (χ0n) is 13.3. The van der Waals surface area contributed by atoms with Gasteiger partial charge in [-0.15, -0.1) is 0 Å². The Morgan fingerprint density at radius 2 is 1.96 bits per heavy atom. The van der Waals surface area contributed by atoms with Crippen LogP contribution >= 0.6 is 0 Å². The van der Waals surface area contributed by atoms with Crippen molar-refractivity contribution in [1.82, 2.24) is 9.62 Å². The normalized spacial score (nSPS) is 18.5. The van der Waals surface area contributed by atoms with E-state index in [-0.39, 0.29) is 11.6 Å². The van der Waals surface area contributed by atoms with Crippen LogP contribution in [0.3, 0.4) is 0 Å². The summed E-state index contributed by atoms with van der Waals surface area (Å²) >= 11 is 0. The van der Waals surface area contributed by atoms with E-state index in [2.05, 4.69) is 9.62 Å². The van der Waals surface area contributed by atoms with E-state index in [1.165, 1.54) is 12.1 Å². The molecule has 136 valence electrons. The lowest BCUT2D eigenvalue weighted by atomic mass is 10.1. The molecule has 1 saturated heterocycles. The molecule has 1 aliphatic rings. The number of nitrogens with zero attached hydrogens (tertiary/aromatic N) is 1. The number of benzene rings is 1. The Labute approximate surface area is 139 Å². The number of ether oxygens (including phenoxy) is 1. The van der Waals surface area contributed by atoms with Gasteiger partial charge in [0.25, 0.3) is 0 Å². The highest BCUT2D eigenvalue weighted by molar-refractivity contribution is 7.88. The molecule has 24 heavy (non-hydrogen) atoms. The molecule has 0 bridgehead atoms. The number of nitrogens with one attached hydrogen (secondary N) is 1. The third-order valence-electron chi connectivity index (χ3n) is 3.63. The molecular weight excluding hydrogens is 345 g/mol. The molecule has 5 nitrogen and oxygen atoms in total. The van der Waals surface area contributed by atoms with Crippen LogP contribution in [0.2, 0.25) is 0 Å². The zero-order valence-corrected chi connectivity index (χ0v) is 14.2. The van der Waals surface area contributed by atoms with E-state index in [1.807, 2.05) is 0 Å². The minimum atomic E-state index is -4.49. The van der Waals surface area contributed by atoms with Crippen LogP contribution in [0.25, 0.3) is 0 Å². The Bertz CT molecular complexity index is 644. The third kappa shape index (κ3) is 6.04. The fourth-order valence-electron chi connectivity index (χ4n) is 2.61. The molecule has 1 aromatic rings. The van der Waals surface area contributed by atoms with Crippen molar-refractivity contribution < 1.29 is 26.3 Å². The van der Waals surface area contributed by atoms with Crippen molar-refractivity contribution in [2.24, 2.45) is 0 Å². The predicted molar refractivity (Wildman–Crippen MR) is 83.9 cm³/mol. The van der Waals surface area contributed by atoms with E-state index in [0.29, 0.717) is 19.8 Å². The van der Waals surface area contributed by atoms with Crippen molar-refractivity contribution in [2.75, 3.05) is 32.8 Å². The highest BCUT2D eigenvalue weighted by Crippen LogP contribution is 2.29. The van der Waals surface area contributed by atoms with E-state index in [1.54, 1.807) is 6.92 Å². The number of rotatable bonds is 6. The molecule has 0 radical (unpaired) electrons. The smallest absolute Gasteiger partial charge is 0.379 e. The van der Waals surface area contributed by atoms with E-state index in [9.17, 15) is 21.6 Å². The van der Waals surface area contributed by atoms with Gasteiger partial charge in [0, 0.05) is 25.7 Å². The first kappa shape index (κ1) is 19.2.